The highest BCUT2D eigenvalue weighted by Crippen LogP contribution is 2.42. The molecule has 1 N–H and O–H groups in total. The Labute approximate surface area is 209 Å². The van der Waals surface area contributed by atoms with Crippen LogP contribution in [-0.2, 0) is 9.84 Å². The number of nitrogens with zero attached hydrogens (tertiary/aromatic N) is 2. The van der Waals surface area contributed by atoms with Crippen LogP contribution in [0.25, 0.3) is 27.8 Å². The summed E-state index contributed by atoms with van der Waals surface area (Å²) < 4.78 is 39.4. The Bertz CT molecular complexity index is 1610. The van der Waals surface area contributed by atoms with Crippen molar-refractivity contribution in [1.82, 2.24) is 14.9 Å². The molecule has 1 saturated heterocycles. The van der Waals surface area contributed by atoms with E-state index in [9.17, 15) is 17.6 Å². The molecule has 8 heteroatoms. The molecule has 2 aliphatic rings. The third-order valence-electron chi connectivity index (χ3n) is 7.19. The molecular formula is C28H26FN3O3S. The molecule has 1 amide bonds. The Morgan fingerprint density at radius 3 is 2.67 bits per heavy atom. The van der Waals surface area contributed by atoms with E-state index in [1.165, 1.54) is 30.7 Å². The second-order valence-electron chi connectivity index (χ2n) is 10.2. The second-order valence-corrected chi connectivity index (χ2v) is 12.4. The van der Waals surface area contributed by atoms with Crippen LogP contribution in [0.3, 0.4) is 0 Å². The van der Waals surface area contributed by atoms with Crippen LogP contribution < -0.4 is 5.32 Å². The smallest absolute Gasteiger partial charge is 0.251 e. The standard InChI is InChI=1S/C28H26FN3O3S/c1-28(11-12-36(34,35)17-28)31-27(33)21-7-9-23-24(20-4-2-3-19(13-20)18-5-6-18)16-32(25(23)14-21)26-10-8-22(29)15-30-26/h2-4,7-10,13-16,18H,5-6,11-12,17H2,1H3,(H,31,33). The number of carbonyl (C=O) groups excluding carboxylic acids is 1. The summed E-state index contributed by atoms with van der Waals surface area (Å²) in [6.07, 6.45) is 5.96. The number of sulfone groups is 1. The van der Waals surface area contributed by atoms with Crippen molar-refractivity contribution in [3.63, 3.8) is 0 Å². The Morgan fingerprint density at radius 2 is 1.97 bits per heavy atom. The normalized spacial score (nSPS) is 21.1. The lowest BCUT2D eigenvalue weighted by Gasteiger charge is -2.24. The first-order chi connectivity index (χ1) is 17.2. The third-order valence-corrected chi connectivity index (χ3v) is 9.09. The lowest BCUT2D eigenvalue weighted by atomic mass is 9.99. The Balaban J connectivity index is 1.44. The molecule has 3 heterocycles. The van der Waals surface area contributed by atoms with Gasteiger partial charge in [0.05, 0.1) is 28.8 Å². The van der Waals surface area contributed by atoms with Crippen molar-refractivity contribution in [2.24, 2.45) is 0 Å². The monoisotopic (exact) mass is 503 g/mol. The number of halogens is 1. The molecule has 4 aromatic rings. The largest absolute Gasteiger partial charge is 0.346 e. The maximum Gasteiger partial charge on any atom is 0.251 e. The van der Waals surface area contributed by atoms with E-state index in [0.29, 0.717) is 23.7 Å². The molecule has 2 fully saturated rings. The predicted octanol–water partition coefficient (Wildman–Crippen LogP) is 5.02. The summed E-state index contributed by atoms with van der Waals surface area (Å²) in [6, 6.07) is 17.0. The van der Waals surface area contributed by atoms with Crippen LogP contribution >= 0.6 is 0 Å². The number of pyridine rings is 1. The van der Waals surface area contributed by atoms with E-state index >= 15 is 0 Å². The fraction of sp³-hybridized carbons (Fsp3) is 0.286. The van der Waals surface area contributed by atoms with E-state index in [-0.39, 0.29) is 17.4 Å². The summed E-state index contributed by atoms with van der Waals surface area (Å²) in [6.45, 7) is 1.77. The summed E-state index contributed by atoms with van der Waals surface area (Å²) in [4.78, 5) is 17.4. The Hall–Kier alpha value is -3.52. The van der Waals surface area contributed by atoms with Crippen LogP contribution in [0.4, 0.5) is 4.39 Å². The molecule has 36 heavy (non-hydrogen) atoms. The molecule has 0 radical (unpaired) electrons. The molecule has 1 saturated carbocycles. The molecule has 1 atom stereocenters. The first-order valence-electron chi connectivity index (χ1n) is 12.1. The van der Waals surface area contributed by atoms with Crippen molar-refractivity contribution in [3.8, 4) is 16.9 Å². The number of carbonyl (C=O) groups is 1. The minimum Gasteiger partial charge on any atom is -0.346 e. The van der Waals surface area contributed by atoms with Gasteiger partial charge in [-0.3, -0.25) is 4.79 Å². The lowest BCUT2D eigenvalue weighted by Crippen LogP contribution is -2.46. The molecule has 2 aromatic carbocycles. The van der Waals surface area contributed by atoms with Gasteiger partial charge in [-0.15, -0.1) is 0 Å². The number of hydrogen-bond donors (Lipinski definition) is 1. The molecule has 0 bridgehead atoms. The summed E-state index contributed by atoms with van der Waals surface area (Å²) in [5.41, 5.74) is 3.79. The van der Waals surface area contributed by atoms with Crippen molar-refractivity contribution >= 4 is 26.6 Å². The summed E-state index contributed by atoms with van der Waals surface area (Å²) in [7, 11) is -3.15. The zero-order chi connectivity index (χ0) is 25.1. The van der Waals surface area contributed by atoms with Crippen LogP contribution in [0.5, 0.6) is 0 Å². The van der Waals surface area contributed by atoms with Gasteiger partial charge < -0.3 is 9.88 Å². The topological polar surface area (TPSA) is 81.1 Å². The number of amides is 1. The molecule has 1 unspecified atom stereocenters. The van der Waals surface area contributed by atoms with Crippen LogP contribution in [0.2, 0.25) is 0 Å². The van der Waals surface area contributed by atoms with Gasteiger partial charge in [0, 0.05) is 22.7 Å². The van der Waals surface area contributed by atoms with Gasteiger partial charge >= 0.3 is 0 Å². The highest BCUT2D eigenvalue weighted by Gasteiger charge is 2.39. The van der Waals surface area contributed by atoms with Crippen LogP contribution in [-0.4, -0.2) is 40.9 Å². The van der Waals surface area contributed by atoms with Crippen LogP contribution in [0.1, 0.15) is 48.0 Å². The van der Waals surface area contributed by atoms with Gasteiger partial charge in [0.25, 0.3) is 5.91 Å². The van der Waals surface area contributed by atoms with Gasteiger partial charge in [-0.05, 0) is 67.5 Å². The van der Waals surface area contributed by atoms with E-state index in [4.69, 9.17) is 0 Å². The number of rotatable bonds is 5. The molecule has 0 spiro atoms. The summed E-state index contributed by atoms with van der Waals surface area (Å²) >= 11 is 0. The highest BCUT2D eigenvalue weighted by molar-refractivity contribution is 7.91. The maximum absolute atomic E-state index is 13.6. The average Bonchev–Trinajstić information content (AvgIpc) is 3.58. The molecule has 1 aliphatic carbocycles. The van der Waals surface area contributed by atoms with Gasteiger partial charge in [-0.2, -0.15) is 0 Å². The number of nitrogens with one attached hydrogen (secondary N) is 1. The zero-order valence-electron chi connectivity index (χ0n) is 19.9. The fourth-order valence-corrected chi connectivity index (χ4v) is 7.22. The van der Waals surface area contributed by atoms with Gasteiger partial charge in [-0.1, -0.05) is 30.3 Å². The summed E-state index contributed by atoms with van der Waals surface area (Å²) in [5.74, 6) is 0.419. The Kier molecular flexibility index (Phi) is 5.26. The second kappa shape index (κ2) is 8.27. The lowest BCUT2D eigenvalue weighted by molar-refractivity contribution is 0.0915. The van der Waals surface area contributed by atoms with Crippen molar-refractivity contribution < 1.29 is 17.6 Å². The number of fused-ring (bicyclic) bond motifs is 1. The number of benzene rings is 2. The van der Waals surface area contributed by atoms with Crippen LogP contribution in [0, 0.1) is 5.82 Å². The Morgan fingerprint density at radius 1 is 1.14 bits per heavy atom. The van der Waals surface area contributed by atoms with Gasteiger partial charge in [0.2, 0.25) is 0 Å². The minimum atomic E-state index is -3.15. The quantitative estimate of drug-likeness (QED) is 0.415. The summed E-state index contributed by atoms with van der Waals surface area (Å²) in [5, 5.41) is 3.88. The van der Waals surface area contributed by atoms with Crippen molar-refractivity contribution in [3.05, 3.63) is 83.9 Å². The van der Waals surface area contributed by atoms with Gasteiger partial charge in [0.15, 0.2) is 9.84 Å². The minimum absolute atomic E-state index is 0.0641. The molecule has 6 nitrogen and oxygen atoms in total. The van der Waals surface area contributed by atoms with E-state index in [2.05, 4.69) is 34.6 Å². The van der Waals surface area contributed by atoms with E-state index in [1.54, 1.807) is 25.1 Å². The zero-order valence-corrected chi connectivity index (χ0v) is 20.7. The van der Waals surface area contributed by atoms with E-state index in [0.717, 1.165) is 22.0 Å². The first kappa shape index (κ1) is 22.9. The van der Waals surface area contributed by atoms with Gasteiger partial charge in [-0.25, -0.2) is 17.8 Å². The van der Waals surface area contributed by atoms with Crippen molar-refractivity contribution in [2.45, 2.75) is 37.6 Å². The van der Waals surface area contributed by atoms with Crippen molar-refractivity contribution in [2.75, 3.05) is 11.5 Å². The first-order valence-corrected chi connectivity index (χ1v) is 13.9. The third kappa shape index (κ3) is 4.30. The average molecular weight is 504 g/mol. The molecule has 2 aromatic heterocycles. The maximum atomic E-state index is 13.6. The molecule has 6 rings (SSSR count). The highest BCUT2D eigenvalue weighted by atomic mass is 32.2. The van der Waals surface area contributed by atoms with E-state index in [1.807, 2.05) is 16.8 Å². The van der Waals surface area contributed by atoms with Crippen molar-refractivity contribution in [1.29, 1.82) is 0 Å². The van der Waals surface area contributed by atoms with Gasteiger partial charge in [0.1, 0.15) is 11.6 Å². The van der Waals surface area contributed by atoms with E-state index < -0.39 is 21.2 Å². The fourth-order valence-electron chi connectivity index (χ4n) is 5.13. The number of hydrogen-bond acceptors (Lipinski definition) is 4. The molecule has 184 valence electrons. The predicted molar refractivity (Wildman–Crippen MR) is 138 cm³/mol. The van der Waals surface area contributed by atoms with Crippen LogP contribution in [0.15, 0.2) is 67.0 Å². The molecule has 1 aliphatic heterocycles. The molecular weight excluding hydrogens is 477 g/mol. The number of aromatic nitrogens is 2. The SMILES string of the molecule is CC1(NC(=O)c2ccc3c(-c4cccc(C5CC5)c4)cn(-c4ccc(F)cn4)c3c2)CCS(=O)(=O)C1.